The van der Waals surface area contributed by atoms with Gasteiger partial charge in [0.05, 0.1) is 11.5 Å². The molecule has 1 aromatic heterocycles. The van der Waals surface area contributed by atoms with Crippen molar-refractivity contribution in [2.75, 3.05) is 27.2 Å². The Morgan fingerprint density at radius 1 is 1.32 bits per heavy atom. The summed E-state index contributed by atoms with van der Waals surface area (Å²) in [5, 5.41) is 19.1. The molecule has 0 spiro atoms. The molecule has 136 valence electrons. The summed E-state index contributed by atoms with van der Waals surface area (Å²) in [5.74, 6) is -0.296. The van der Waals surface area contributed by atoms with Crippen LogP contribution in [0.25, 0.3) is 0 Å². The number of carboxylic acid groups (broad SMARTS) is 1. The van der Waals surface area contributed by atoms with E-state index in [0.717, 1.165) is 24.3 Å². The molecular weight excluding hydrogens is 360 g/mol. The second-order valence-corrected chi connectivity index (χ2v) is 7.65. The van der Waals surface area contributed by atoms with E-state index in [4.69, 9.17) is 22.1 Å². The van der Waals surface area contributed by atoms with Crippen LogP contribution in [0.5, 0.6) is 11.6 Å². The molecule has 0 aliphatic rings. The first-order valence-corrected chi connectivity index (χ1v) is 9.09. The molecule has 0 atom stereocenters. The number of aliphatic carboxylic acids is 1. The van der Waals surface area contributed by atoms with Crippen LogP contribution in [-0.4, -0.2) is 52.9 Å². The van der Waals surface area contributed by atoms with Crippen LogP contribution in [0.15, 0.2) is 24.3 Å². The predicted molar refractivity (Wildman–Crippen MR) is 100 cm³/mol. The highest BCUT2D eigenvalue weighted by Gasteiger charge is 2.14. The van der Waals surface area contributed by atoms with Crippen LogP contribution in [-0.2, 0) is 17.8 Å². The number of benzene rings is 1. The van der Waals surface area contributed by atoms with Crippen molar-refractivity contribution in [3.63, 3.8) is 0 Å². The zero-order valence-electron chi connectivity index (χ0n) is 14.3. The Balaban J connectivity index is 1.97. The second-order valence-electron chi connectivity index (χ2n) is 5.92. The number of carbonyl (C=O) groups is 1. The van der Waals surface area contributed by atoms with Crippen LogP contribution in [0, 0.1) is 3.95 Å². The summed E-state index contributed by atoms with van der Waals surface area (Å²) >= 11 is 6.36. The SMILES string of the molecule is CN(C)CCCOc1ccc(Cc2sc(=S)n(CC(=O)O)c2O)cc1. The van der Waals surface area contributed by atoms with Crippen LogP contribution >= 0.6 is 23.6 Å². The third-order valence-electron chi connectivity index (χ3n) is 3.54. The van der Waals surface area contributed by atoms with Gasteiger partial charge in [-0.05, 0) is 50.4 Å². The van der Waals surface area contributed by atoms with Crippen LogP contribution in [0.2, 0.25) is 0 Å². The van der Waals surface area contributed by atoms with Crippen molar-refractivity contribution in [3.8, 4) is 11.6 Å². The molecular formula is C17H22N2O4S2. The molecule has 2 N–H and O–H groups in total. The van der Waals surface area contributed by atoms with Gasteiger partial charge in [-0.2, -0.15) is 0 Å². The predicted octanol–water partition coefficient (Wildman–Crippen LogP) is 2.99. The average Bonchev–Trinajstić information content (AvgIpc) is 2.80. The topological polar surface area (TPSA) is 74.9 Å². The van der Waals surface area contributed by atoms with Gasteiger partial charge in [0, 0.05) is 13.0 Å². The van der Waals surface area contributed by atoms with E-state index in [1.54, 1.807) is 0 Å². The van der Waals surface area contributed by atoms with Crippen molar-refractivity contribution in [3.05, 3.63) is 38.7 Å². The summed E-state index contributed by atoms with van der Waals surface area (Å²) in [7, 11) is 4.06. The van der Waals surface area contributed by atoms with Gasteiger partial charge in [-0.15, -0.1) is 11.3 Å². The highest BCUT2D eigenvalue weighted by atomic mass is 32.1. The molecule has 0 fully saturated rings. The molecule has 1 heterocycles. The molecule has 0 saturated heterocycles. The van der Waals surface area contributed by atoms with E-state index in [1.807, 2.05) is 38.4 Å². The minimum atomic E-state index is -1.04. The lowest BCUT2D eigenvalue weighted by atomic mass is 10.1. The number of hydrogen-bond acceptors (Lipinski definition) is 6. The molecule has 1 aromatic carbocycles. The number of aromatic hydroxyl groups is 1. The van der Waals surface area contributed by atoms with Crippen molar-refractivity contribution < 1.29 is 19.7 Å². The van der Waals surface area contributed by atoms with Gasteiger partial charge >= 0.3 is 5.97 Å². The minimum Gasteiger partial charge on any atom is -0.494 e. The van der Waals surface area contributed by atoms with Crippen LogP contribution in [0.3, 0.4) is 0 Å². The van der Waals surface area contributed by atoms with E-state index in [9.17, 15) is 9.90 Å². The number of thiazole rings is 1. The molecule has 6 nitrogen and oxygen atoms in total. The Labute approximate surface area is 155 Å². The number of carboxylic acids is 1. The van der Waals surface area contributed by atoms with Gasteiger partial charge in [0.1, 0.15) is 12.3 Å². The Bertz CT molecular complexity index is 766. The molecule has 0 aliphatic carbocycles. The summed E-state index contributed by atoms with van der Waals surface area (Å²) in [6.45, 7) is 1.31. The van der Waals surface area contributed by atoms with Gasteiger partial charge in [0.25, 0.3) is 0 Å². The van der Waals surface area contributed by atoms with Crippen LogP contribution in [0.1, 0.15) is 16.9 Å². The van der Waals surface area contributed by atoms with E-state index in [2.05, 4.69) is 4.90 Å². The minimum absolute atomic E-state index is 0.0681. The fourth-order valence-corrected chi connectivity index (χ4v) is 3.66. The Hall–Kier alpha value is -1.90. The quantitative estimate of drug-likeness (QED) is 0.513. The van der Waals surface area contributed by atoms with Gasteiger partial charge < -0.3 is 19.8 Å². The molecule has 2 aromatic rings. The van der Waals surface area contributed by atoms with Gasteiger partial charge in [-0.25, -0.2) is 0 Å². The van der Waals surface area contributed by atoms with Crippen molar-refractivity contribution >= 4 is 29.5 Å². The zero-order chi connectivity index (χ0) is 18.4. The number of nitrogens with zero attached hydrogens (tertiary/aromatic N) is 2. The molecule has 25 heavy (non-hydrogen) atoms. The lowest BCUT2D eigenvalue weighted by molar-refractivity contribution is -0.137. The number of ether oxygens (including phenoxy) is 1. The smallest absolute Gasteiger partial charge is 0.323 e. The van der Waals surface area contributed by atoms with Gasteiger partial charge in [0.2, 0.25) is 5.88 Å². The van der Waals surface area contributed by atoms with Crippen molar-refractivity contribution in [1.82, 2.24) is 9.47 Å². The maximum atomic E-state index is 10.8. The first-order valence-electron chi connectivity index (χ1n) is 7.86. The van der Waals surface area contributed by atoms with Gasteiger partial charge in [-0.1, -0.05) is 12.1 Å². The number of hydrogen-bond donors (Lipinski definition) is 2. The normalized spacial score (nSPS) is 11.0. The average molecular weight is 383 g/mol. The molecule has 0 bridgehead atoms. The highest BCUT2D eigenvalue weighted by molar-refractivity contribution is 7.73. The summed E-state index contributed by atoms with van der Waals surface area (Å²) in [5.41, 5.74) is 0.995. The molecule has 0 radical (unpaired) electrons. The number of rotatable bonds is 9. The zero-order valence-corrected chi connectivity index (χ0v) is 15.9. The largest absolute Gasteiger partial charge is 0.494 e. The summed E-state index contributed by atoms with van der Waals surface area (Å²) < 4.78 is 7.29. The molecule has 2 rings (SSSR count). The van der Waals surface area contributed by atoms with Crippen molar-refractivity contribution in [2.45, 2.75) is 19.4 Å². The van der Waals surface area contributed by atoms with Crippen molar-refractivity contribution in [1.29, 1.82) is 0 Å². The maximum Gasteiger partial charge on any atom is 0.323 e. The third-order valence-corrected chi connectivity index (χ3v) is 4.97. The first-order chi connectivity index (χ1) is 11.9. The van der Waals surface area contributed by atoms with Crippen LogP contribution in [0.4, 0.5) is 0 Å². The van der Waals surface area contributed by atoms with E-state index in [-0.39, 0.29) is 12.4 Å². The molecule has 0 amide bonds. The number of aromatic nitrogens is 1. The van der Waals surface area contributed by atoms with Crippen molar-refractivity contribution in [2.24, 2.45) is 0 Å². The van der Waals surface area contributed by atoms with E-state index in [0.29, 0.717) is 21.9 Å². The summed E-state index contributed by atoms with van der Waals surface area (Å²) in [6, 6.07) is 7.67. The monoisotopic (exact) mass is 382 g/mol. The lowest BCUT2D eigenvalue weighted by Crippen LogP contribution is -2.15. The van der Waals surface area contributed by atoms with Crippen LogP contribution < -0.4 is 4.74 Å². The molecule has 0 unspecified atom stereocenters. The third kappa shape index (κ3) is 5.84. The fraction of sp³-hybridized carbons (Fsp3) is 0.412. The highest BCUT2D eigenvalue weighted by Crippen LogP contribution is 2.29. The van der Waals surface area contributed by atoms with E-state index in [1.165, 1.54) is 15.9 Å². The molecule has 0 saturated carbocycles. The van der Waals surface area contributed by atoms with Gasteiger partial charge in [-0.3, -0.25) is 9.36 Å². The van der Waals surface area contributed by atoms with E-state index >= 15 is 0 Å². The van der Waals surface area contributed by atoms with Gasteiger partial charge in [0.15, 0.2) is 3.95 Å². The maximum absolute atomic E-state index is 10.8. The fourth-order valence-electron chi connectivity index (χ4n) is 2.29. The Kier molecular flexibility index (Phi) is 6.98. The first kappa shape index (κ1) is 19.4. The Morgan fingerprint density at radius 2 is 2.00 bits per heavy atom. The molecule has 8 heteroatoms. The standard InChI is InChI=1S/C17H22N2O4S2/c1-18(2)8-3-9-23-13-6-4-12(5-7-13)10-14-16(22)19(11-15(20)21)17(24)25-14/h4-7,22H,3,8-11H2,1-2H3,(H,20,21). The second kappa shape index (κ2) is 8.98. The molecule has 0 aliphatic heterocycles. The van der Waals surface area contributed by atoms with E-state index < -0.39 is 5.97 Å². The summed E-state index contributed by atoms with van der Waals surface area (Å²) in [6.07, 6.45) is 1.46. The lowest BCUT2D eigenvalue weighted by Gasteiger charge is -2.10. The Morgan fingerprint density at radius 3 is 2.60 bits per heavy atom. The summed E-state index contributed by atoms with van der Waals surface area (Å²) in [4.78, 5) is 13.6.